The molecule has 43 heavy (non-hydrogen) atoms. The largest absolute Gasteiger partial charge is 0.416 e. The van der Waals surface area contributed by atoms with Gasteiger partial charge >= 0.3 is 12.4 Å². The minimum absolute atomic E-state index is 0.0340. The highest BCUT2D eigenvalue weighted by molar-refractivity contribution is 6.04. The number of piperidine rings is 1. The summed E-state index contributed by atoms with van der Waals surface area (Å²) in [4.78, 5) is 55.5. The first-order valence-electron chi connectivity index (χ1n) is 13.5. The summed E-state index contributed by atoms with van der Waals surface area (Å²) in [6, 6.07) is 7.00. The molecule has 1 heterocycles. The Balaban J connectivity index is 2.06. The van der Waals surface area contributed by atoms with Crippen molar-refractivity contribution in [2.75, 3.05) is 27.2 Å². The Morgan fingerprint density at radius 2 is 1.42 bits per heavy atom. The molecule has 2 amide bonds. The number of amides is 2. The van der Waals surface area contributed by atoms with Crippen LogP contribution in [-0.2, 0) is 33.2 Å². The molecule has 2 atom stereocenters. The second-order valence-electron chi connectivity index (χ2n) is 10.9. The fourth-order valence-electron chi connectivity index (χ4n) is 5.40. The Morgan fingerprint density at radius 1 is 0.884 bits per heavy atom. The SMILES string of the molecule is CC(=O)C(C(C)=O)N(CC(=O)N(C)C)[C@H]1CCN(C(=O)c2cc(C(F)(F)F)cc(C(F)(F)F)c2)[C@H](Cc2ccccc2)C1. The van der Waals surface area contributed by atoms with Crippen LogP contribution in [0, 0.1) is 0 Å². The molecule has 0 N–H and O–H groups in total. The molecule has 0 radical (unpaired) electrons. The summed E-state index contributed by atoms with van der Waals surface area (Å²) < 4.78 is 81.2. The van der Waals surface area contributed by atoms with Crippen molar-refractivity contribution in [3.63, 3.8) is 0 Å². The molecule has 2 aromatic rings. The maximum atomic E-state index is 13.7. The lowest BCUT2D eigenvalue weighted by molar-refractivity contribution is -0.143. The van der Waals surface area contributed by atoms with Gasteiger partial charge in [0, 0.05) is 38.3 Å². The van der Waals surface area contributed by atoms with Gasteiger partial charge in [0.25, 0.3) is 5.91 Å². The van der Waals surface area contributed by atoms with E-state index in [4.69, 9.17) is 0 Å². The molecule has 0 aromatic heterocycles. The number of rotatable bonds is 9. The van der Waals surface area contributed by atoms with Gasteiger partial charge in [-0.25, -0.2) is 0 Å². The number of halogens is 6. The van der Waals surface area contributed by atoms with Crippen LogP contribution in [0.3, 0.4) is 0 Å². The third-order valence-corrected chi connectivity index (χ3v) is 7.49. The highest BCUT2D eigenvalue weighted by atomic mass is 19.4. The van der Waals surface area contributed by atoms with E-state index in [1.807, 2.05) is 0 Å². The molecule has 0 saturated carbocycles. The van der Waals surface area contributed by atoms with Gasteiger partial charge in [-0.15, -0.1) is 0 Å². The average Bonchev–Trinajstić information content (AvgIpc) is 2.91. The molecule has 7 nitrogen and oxygen atoms in total. The van der Waals surface area contributed by atoms with E-state index in [1.165, 1.54) is 42.6 Å². The normalized spacial score (nSPS) is 17.7. The topological polar surface area (TPSA) is 78.0 Å². The summed E-state index contributed by atoms with van der Waals surface area (Å²) in [7, 11) is 3.03. The van der Waals surface area contributed by atoms with E-state index in [1.54, 1.807) is 30.3 Å². The van der Waals surface area contributed by atoms with Crippen LogP contribution in [0.1, 0.15) is 53.7 Å². The van der Waals surface area contributed by atoms with E-state index in [9.17, 15) is 45.5 Å². The first-order valence-corrected chi connectivity index (χ1v) is 13.5. The van der Waals surface area contributed by atoms with E-state index < -0.39 is 64.6 Å². The van der Waals surface area contributed by atoms with Gasteiger partial charge in [0.1, 0.15) is 6.04 Å². The van der Waals surface area contributed by atoms with Crippen molar-refractivity contribution in [1.29, 1.82) is 0 Å². The molecule has 1 saturated heterocycles. The van der Waals surface area contributed by atoms with Crippen molar-refractivity contribution < 1.29 is 45.5 Å². The lowest BCUT2D eigenvalue weighted by atomic mass is 9.88. The van der Waals surface area contributed by atoms with E-state index in [-0.39, 0.29) is 44.3 Å². The van der Waals surface area contributed by atoms with E-state index in [0.717, 1.165) is 5.56 Å². The predicted octanol–water partition coefficient (Wildman–Crippen LogP) is 4.88. The van der Waals surface area contributed by atoms with Crippen LogP contribution in [0.4, 0.5) is 26.3 Å². The summed E-state index contributed by atoms with van der Waals surface area (Å²) >= 11 is 0. The summed E-state index contributed by atoms with van der Waals surface area (Å²) in [5, 5.41) is 0. The van der Waals surface area contributed by atoms with Gasteiger partial charge in [0.2, 0.25) is 5.91 Å². The van der Waals surface area contributed by atoms with Crippen molar-refractivity contribution in [3.8, 4) is 0 Å². The number of hydrogen-bond donors (Lipinski definition) is 0. The molecule has 1 aliphatic heterocycles. The highest BCUT2D eigenvalue weighted by Crippen LogP contribution is 2.37. The van der Waals surface area contributed by atoms with Gasteiger partial charge in [0.05, 0.1) is 17.7 Å². The number of likely N-dealkylation sites (N-methyl/N-ethyl adjacent to an activating group) is 1. The average molecular weight is 614 g/mol. The molecule has 0 aliphatic carbocycles. The monoisotopic (exact) mass is 613 g/mol. The highest BCUT2D eigenvalue weighted by Gasteiger charge is 2.42. The van der Waals surface area contributed by atoms with Crippen LogP contribution in [0.25, 0.3) is 0 Å². The zero-order valence-electron chi connectivity index (χ0n) is 24.1. The smallest absolute Gasteiger partial charge is 0.348 e. The lowest BCUT2D eigenvalue weighted by Gasteiger charge is -2.45. The van der Waals surface area contributed by atoms with Crippen LogP contribution in [0.2, 0.25) is 0 Å². The predicted molar refractivity (Wildman–Crippen MR) is 145 cm³/mol. The van der Waals surface area contributed by atoms with E-state index in [2.05, 4.69) is 0 Å². The second-order valence-corrected chi connectivity index (χ2v) is 10.9. The molecular weight excluding hydrogens is 580 g/mol. The number of Topliss-reactive ketones (excluding diaryl/α,β-unsaturated/α-hetero) is 2. The molecule has 0 spiro atoms. The van der Waals surface area contributed by atoms with Crippen molar-refractivity contribution in [1.82, 2.24) is 14.7 Å². The van der Waals surface area contributed by atoms with Crippen LogP contribution < -0.4 is 0 Å². The number of likely N-dealkylation sites (tertiary alicyclic amines) is 1. The van der Waals surface area contributed by atoms with E-state index in [0.29, 0.717) is 12.1 Å². The van der Waals surface area contributed by atoms with Crippen molar-refractivity contribution in [3.05, 3.63) is 70.8 Å². The third kappa shape index (κ3) is 8.43. The summed E-state index contributed by atoms with van der Waals surface area (Å²) in [6.45, 7) is 2.07. The first kappa shape index (κ1) is 33.8. The van der Waals surface area contributed by atoms with Gasteiger partial charge in [-0.3, -0.25) is 24.1 Å². The maximum Gasteiger partial charge on any atom is 0.416 e. The minimum Gasteiger partial charge on any atom is -0.348 e. The van der Waals surface area contributed by atoms with Gasteiger partial charge in [-0.1, -0.05) is 30.3 Å². The van der Waals surface area contributed by atoms with Crippen LogP contribution >= 0.6 is 0 Å². The molecule has 1 aliphatic rings. The fourth-order valence-corrected chi connectivity index (χ4v) is 5.40. The zero-order chi connectivity index (χ0) is 32.3. The third-order valence-electron chi connectivity index (χ3n) is 7.49. The summed E-state index contributed by atoms with van der Waals surface area (Å²) in [5.74, 6) is -2.36. The number of carbonyl (C=O) groups is 4. The molecule has 0 bridgehead atoms. The Labute approximate surface area is 245 Å². The molecule has 0 unspecified atom stereocenters. The molecule has 234 valence electrons. The number of hydrogen-bond acceptors (Lipinski definition) is 5. The maximum absolute atomic E-state index is 13.7. The fraction of sp³-hybridized carbons (Fsp3) is 0.467. The Morgan fingerprint density at radius 3 is 1.88 bits per heavy atom. The number of benzene rings is 2. The van der Waals surface area contributed by atoms with Crippen LogP contribution in [-0.4, -0.2) is 83.4 Å². The zero-order valence-corrected chi connectivity index (χ0v) is 24.1. The first-order chi connectivity index (χ1) is 19.9. The van der Waals surface area contributed by atoms with Crippen molar-refractivity contribution >= 4 is 23.4 Å². The quantitative estimate of drug-likeness (QED) is 0.298. The minimum atomic E-state index is -5.12. The number of alkyl halides is 6. The Kier molecular flexibility index (Phi) is 10.4. The summed E-state index contributed by atoms with van der Waals surface area (Å²) in [5.41, 5.74) is -3.21. The van der Waals surface area contributed by atoms with Gasteiger partial charge in [0.15, 0.2) is 11.6 Å². The van der Waals surface area contributed by atoms with Crippen molar-refractivity contribution in [2.24, 2.45) is 0 Å². The van der Waals surface area contributed by atoms with Crippen molar-refractivity contribution in [2.45, 2.75) is 63.6 Å². The number of carbonyl (C=O) groups excluding carboxylic acids is 4. The van der Waals surface area contributed by atoms with Crippen LogP contribution in [0.5, 0.6) is 0 Å². The molecule has 1 fully saturated rings. The lowest BCUT2D eigenvalue weighted by Crippen LogP contribution is -2.59. The standard InChI is InChI=1S/C30H33F6N3O4/c1-18(40)27(19(2)41)39(17-26(42)37(3)4)24-10-11-38(25(16-24)12-20-8-6-5-7-9-20)28(43)21-13-22(29(31,32)33)15-23(14-21)30(34,35)36/h5-9,13-15,24-25,27H,10-12,16-17H2,1-4H3/t24-,25+/m0/s1. The number of nitrogens with zero attached hydrogens (tertiary/aromatic N) is 3. The number of ketones is 2. The molecular formula is C30H33F6N3O4. The molecule has 3 rings (SSSR count). The molecule has 2 aromatic carbocycles. The Bertz CT molecular complexity index is 1300. The molecule has 13 heteroatoms. The second kappa shape index (κ2) is 13.3. The van der Waals surface area contributed by atoms with Gasteiger partial charge in [-0.2, -0.15) is 26.3 Å². The van der Waals surface area contributed by atoms with Crippen LogP contribution in [0.15, 0.2) is 48.5 Å². The van der Waals surface area contributed by atoms with Gasteiger partial charge < -0.3 is 9.80 Å². The van der Waals surface area contributed by atoms with E-state index >= 15 is 0 Å². The summed E-state index contributed by atoms with van der Waals surface area (Å²) in [6.07, 6.45) is -9.85. The Hall–Kier alpha value is -3.74. The van der Waals surface area contributed by atoms with Gasteiger partial charge in [-0.05, 0) is 56.9 Å².